The van der Waals surface area contributed by atoms with Gasteiger partial charge in [0.05, 0.1) is 37.6 Å². The third-order valence-corrected chi connectivity index (χ3v) is 3.77. The molecule has 10 nitrogen and oxygen atoms in total. The zero-order chi connectivity index (χ0) is 21.9. The molecule has 2 aromatic carbocycles. The van der Waals surface area contributed by atoms with Gasteiger partial charge in [0, 0.05) is 0 Å². The van der Waals surface area contributed by atoms with Crippen molar-refractivity contribution in [1.29, 1.82) is 0 Å². The maximum atomic E-state index is 12.2. The zero-order valence-electron chi connectivity index (χ0n) is 16.3. The number of phenols is 1. The number of carbonyl (C=O) groups excluding carboxylic acids is 3. The number of carbonyl (C=O) groups is 3. The number of nitrogens with one attached hydrogen (secondary N) is 1. The van der Waals surface area contributed by atoms with Crippen molar-refractivity contribution < 1.29 is 39.4 Å². The fourth-order valence-corrected chi connectivity index (χ4v) is 2.40. The number of amides is 2. The van der Waals surface area contributed by atoms with Gasteiger partial charge in [-0.05, 0) is 24.3 Å². The Morgan fingerprint density at radius 2 is 1.70 bits per heavy atom. The number of rotatable bonds is 11. The molecular formula is C20H24N3O7+. The predicted octanol–water partition coefficient (Wildman–Crippen LogP) is -0.0761. The number of hydrogen-bond acceptors (Lipinski definition) is 7. The Morgan fingerprint density at radius 1 is 1.00 bits per heavy atom. The maximum absolute atomic E-state index is 12.2. The van der Waals surface area contributed by atoms with Crippen LogP contribution < -0.4 is 21.5 Å². The number of ether oxygens (including phenoxy) is 3. The van der Waals surface area contributed by atoms with E-state index in [1.807, 2.05) is 0 Å². The second kappa shape index (κ2) is 11.5. The summed E-state index contributed by atoms with van der Waals surface area (Å²) < 4.78 is 15.5. The summed E-state index contributed by atoms with van der Waals surface area (Å²) in [6, 6.07) is 10.6. The van der Waals surface area contributed by atoms with Gasteiger partial charge in [0.1, 0.15) is 17.9 Å². The standard InChI is InChI=1S/C20H23N3O7/c21-8-9-28-10-11-29-12-16(24)23-14-6-7-15(17(18(14)25)19(22)26)30-20(27)13-4-2-1-3-5-13/h1-7,25H,8-12,21H2,(H2,22,26)(H,23,24)/p+1. The molecule has 0 heterocycles. The highest BCUT2D eigenvalue weighted by Gasteiger charge is 2.22. The molecule has 160 valence electrons. The van der Waals surface area contributed by atoms with Gasteiger partial charge in [0.25, 0.3) is 5.91 Å². The number of benzene rings is 2. The van der Waals surface area contributed by atoms with Crippen molar-refractivity contribution in [2.75, 3.05) is 38.3 Å². The molecule has 0 bridgehead atoms. The third-order valence-electron chi connectivity index (χ3n) is 3.77. The lowest BCUT2D eigenvalue weighted by Crippen LogP contribution is -2.52. The summed E-state index contributed by atoms with van der Waals surface area (Å²) >= 11 is 0. The number of quaternary nitrogens is 1. The van der Waals surface area contributed by atoms with Gasteiger partial charge >= 0.3 is 5.97 Å². The molecule has 0 spiro atoms. The summed E-state index contributed by atoms with van der Waals surface area (Å²) in [4.78, 5) is 36.0. The normalized spacial score (nSPS) is 10.4. The van der Waals surface area contributed by atoms with Gasteiger partial charge in [-0.25, -0.2) is 4.79 Å². The van der Waals surface area contributed by atoms with Crippen LogP contribution in [0, 0.1) is 0 Å². The average Bonchev–Trinajstić information content (AvgIpc) is 2.73. The van der Waals surface area contributed by atoms with Crippen LogP contribution in [0.4, 0.5) is 5.69 Å². The van der Waals surface area contributed by atoms with Crippen LogP contribution in [0.2, 0.25) is 0 Å². The van der Waals surface area contributed by atoms with E-state index >= 15 is 0 Å². The SMILES string of the molecule is NC(=O)c1c(OC(=O)c2ccccc2)ccc(NC(=O)COCCOCC[NH3+])c1O. The van der Waals surface area contributed by atoms with Crippen LogP contribution in [-0.2, 0) is 14.3 Å². The number of primary amides is 1. The molecule has 2 amide bonds. The zero-order valence-corrected chi connectivity index (χ0v) is 16.3. The quantitative estimate of drug-likeness (QED) is 0.171. The van der Waals surface area contributed by atoms with E-state index in [9.17, 15) is 19.5 Å². The maximum Gasteiger partial charge on any atom is 0.343 e. The molecule has 0 radical (unpaired) electrons. The first kappa shape index (κ1) is 22.8. The third kappa shape index (κ3) is 6.55. The molecule has 0 atom stereocenters. The Morgan fingerprint density at radius 3 is 2.37 bits per heavy atom. The van der Waals surface area contributed by atoms with Crippen molar-refractivity contribution in [2.45, 2.75) is 0 Å². The van der Waals surface area contributed by atoms with Crippen molar-refractivity contribution >= 4 is 23.5 Å². The molecule has 30 heavy (non-hydrogen) atoms. The molecule has 2 aromatic rings. The fourth-order valence-electron chi connectivity index (χ4n) is 2.40. The monoisotopic (exact) mass is 418 g/mol. The molecule has 0 aliphatic carbocycles. The average molecular weight is 418 g/mol. The first-order chi connectivity index (χ1) is 14.4. The minimum absolute atomic E-state index is 0.0785. The van der Waals surface area contributed by atoms with Crippen molar-refractivity contribution in [3.63, 3.8) is 0 Å². The van der Waals surface area contributed by atoms with Crippen molar-refractivity contribution in [3.05, 3.63) is 53.6 Å². The van der Waals surface area contributed by atoms with Crippen LogP contribution >= 0.6 is 0 Å². The Labute approximate surface area is 172 Å². The second-order valence-electron chi connectivity index (χ2n) is 6.02. The van der Waals surface area contributed by atoms with E-state index < -0.39 is 29.1 Å². The van der Waals surface area contributed by atoms with Gasteiger partial charge in [-0.15, -0.1) is 0 Å². The lowest BCUT2D eigenvalue weighted by molar-refractivity contribution is -0.374. The molecular weight excluding hydrogens is 394 g/mol. The van der Waals surface area contributed by atoms with Crippen LogP contribution in [0.15, 0.2) is 42.5 Å². The smallest absolute Gasteiger partial charge is 0.343 e. The number of aromatic hydroxyl groups is 1. The van der Waals surface area contributed by atoms with E-state index in [-0.39, 0.29) is 30.2 Å². The lowest BCUT2D eigenvalue weighted by atomic mass is 10.1. The molecule has 0 saturated heterocycles. The molecule has 10 heteroatoms. The Hall–Kier alpha value is -3.47. The van der Waals surface area contributed by atoms with E-state index in [4.69, 9.17) is 19.9 Å². The van der Waals surface area contributed by atoms with Gasteiger partial charge in [-0.1, -0.05) is 18.2 Å². The molecule has 0 aliphatic rings. The first-order valence-corrected chi connectivity index (χ1v) is 9.11. The molecule has 0 unspecified atom stereocenters. The molecule has 0 fully saturated rings. The molecule has 2 rings (SSSR count). The van der Waals surface area contributed by atoms with E-state index in [0.29, 0.717) is 19.8 Å². The van der Waals surface area contributed by atoms with Crippen LogP contribution in [0.25, 0.3) is 0 Å². The van der Waals surface area contributed by atoms with Crippen LogP contribution in [0.3, 0.4) is 0 Å². The van der Waals surface area contributed by atoms with Crippen molar-refractivity contribution in [1.82, 2.24) is 0 Å². The van der Waals surface area contributed by atoms with Gasteiger partial charge in [0.15, 0.2) is 5.75 Å². The minimum Gasteiger partial charge on any atom is -0.505 e. The highest BCUT2D eigenvalue weighted by Crippen LogP contribution is 2.35. The number of nitrogens with two attached hydrogens (primary N) is 1. The molecule has 0 aromatic heterocycles. The van der Waals surface area contributed by atoms with E-state index in [1.54, 1.807) is 18.2 Å². The number of esters is 1. The largest absolute Gasteiger partial charge is 0.505 e. The first-order valence-electron chi connectivity index (χ1n) is 9.11. The van der Waals surface area contributed by atoms with Crippen molar-refractivity contribution in [3.8, 4) is 11.5 Å². The summed E-state index contributed by atoms with van der Waals surface area (Å²) in [6.45, 7) is 1.38. The van der Waals surface area contributed by atoms with E-state index in [1.165, 1.54) is 24.3 Å². The Balaban J connectivity index is 2.05. The molecule has 0 aliphatic heterocycles. The highest BCUT2D eigenvalue weighted by atomic mass is 16.5. The van der Waals surface area contributed by atoms with Crippen LogP contribution in [0.5, 0.6) is 11.5 Å². The molecule has 7 N–H and O–H groups in total. The van der Waals surface area contributed by atoms with E-state index in [2.05, 4.69) is 11.1 Å². The summed E-state index contributed by atoms with van der Waals surface area (Å²) in [5, 5.41) is 12.8. The van der Waals surface area contributed by atoms with Gasteiger partial charge < -0.3 is 36.1 Å². The van der Waals surface area contributed by atoms with Gasteiger partial charge in [-0.2, -0.15) is 0 Å². The summed E-state index contributed by atoms with van der Waals surface area (Å²) in [5.41, 5.74) is 8.69. The minimum atomic E-state index is -1.03. The van der Waals surface area contributed by atoms with E-state index in [0.717, 1.165) is 0 Å². The summed E-state index contributed by atoms with van der Waals surface area (Å²) in [5.74, 6) is -3.17. The predicted molar refractivity (Wildman–Crippen MR) is 106 cm³/mol. The van der Waals surface area contributed by atoms with Crippen molar-refractivity contribution in [2.24, 2.45) is 5.73 Å². The Kier molecular flexibility index (Phi) is 8.75. The highest BCUT2D eigenvalue weighted by molar-refractivity contribution is 6.04. The fraction of sp³-hybridized carbons (Fsp3) is 0.250. The Bertz CT molecular complexity index is 887. The lowest BCUT2D eigenvalue weighted by Gasteiger charge is -2.14. The number of hydrogen-bond donors (Lipinski definition) is 4. The van der Waals surface area contributed by atoms with Gasteiger partial charge in [0.2, 0.25) is 5.91 Å². The van der Waals surface area contributed by atoms with Crippen LogP contribution in [0.1, 0.15) is 20.7 Å². The topological polar surface area (TPSA) is 165 Å². The number of anilines is 1. The van der Waals surface area contributed by atoms with Gasteiger partial charge in [-0.3, -0.25) is 9.59 Å². The summed E-state index contributed by atoms with van der Waals surface area (Å²) in [7, 11) is 0. The summed E-state index contributed by atoms with van der Waals surface area (Å²) in [6.07, 6.45) is 0. The second-order valence-corrected chi connectivity index (χ2v) is 6.02. The molecule has 0 saturated carbocycles. The van der Waals surface area contributed by atoms with Crippen LogP contribution in [-0.4, -0.2) is 55.9 Å².